The quantitative estimate of drug-likeness (QED) is 0.433. The maximum Gasteiger partial charge on any atom is 0.119 e. The SMILES string of the molecule is CC(C)(O)C#CCCCCCCCCCCCc1ccco1. The number of furan rings is 1. The van der Waals surface area contributed by atoms with E-state index < -0.39 is 5.60 Å². The molecule has 0 aromatic carbocycles. The number of unbranched alkanes of at least 4 members (excludes halogenated alkanes) is 9. The van der Waals surface area contributed by atoms with Crippen LogP contribution >= 0.6 is 0 Å². The van der Waals surface area contributed by atoms with Gasteiger partial charge in [-0.05, 0) is 38.8 Å². The average Bonchev–Trinajstić information content (AvgIpc) is 2.96. The highest BCUT2D eigenvalue weighted by atomic mass is 16.3. The number of hydrogen-bond acceptors (Lipinski definition) is 2. The van der Waals surface area contributed by atoms with Gasteiger partial charge in [0.05, 0.1) is 6.26 Å². The van der Waals surface area contributed by atoms with Crippen molar-refractivity contribution in [3.05, 3.63) is 24.2 Å². The van der Waals surface area contributed by atoms with Gasteiger partial charge >= 0.3 is 0 Å². The van der Waals surface area contributed by atoms with Crippen LogP contribution in [0.15, 0.2) is 22.8 Å². The lowest BCUT2D eigenvalue weighted by Crippen LogP contribution is -2.14. The predicted molar refractivity (Wildman–Crippen MR) is 92.7 cm³/mol. The molecular weight excluding hydrogens is 272 g/mol. The van der Waals surface area contributed by atoms with Crippen molar-refractivity contribution in [2.75, 3.05) is 0 Å². The van der Waals surface area contributed by atoms with Gasteiger partial charge in [-0.15, -0.1) is 5.92 Å². The minimum atomic E-state index is -0.836. The molecular formula is C20H32O2. The van der Waals surface area contributed by atoms with Crippen molar-refractivity contribution in [1.29, 1.82) is 0 Å². The van der Waals surface area contributed by atoms with E-state index in [9.17, 15) is 5.11 Å². The zero-order valence-corrected chi connectivity index (χ0v) is 14.4. The molecule has 1 rings (SSSR count). The normalized spacial score (nSPS) is 11.2. The number of aryl methyl sites for hydroxylation is 1. The van der Waals surface area contributed by atoms with E-state index in [4.69, 9.17) is 4.42 Å². The first-order chi connectivity index (χ1) is 10.6. The molecule has 0 aliphatic heterocycles. The Bertz CT molecular complexity index is 415. The smallest absolute Gasteiger partial charge is 0.119 e. The number of hydrogen-bond donors (Lipinski definition) is 1. The molecule has 1 heterocycles. The third-order valence-electron chi connectivity index (χ3n) is 3.70. The molecule has 0 unspecified atom stereocenters. The van der Waals surface area contributed by atoms with Crippen LogP contribution < -0.4 is 0 Å². The van der Waals surface area contributed by atoms with Gasteiger partial charge in [0.1, 0.15) is 11.4 Å². The lowest BCUT2D eigenvalue weighted by atomic mass is 10.1. The van der Waals surface area contributed by atoms with E-state index in [2.05, 4.69) is 17.9 Å². The molecule has 0 aliphatic rings. The van der Waals surface area contributed by atoms with Crippen LogP contribution in [0.25, 0.3) is 0 Å². The highest BCUT2D eigenvalue weighted by Gasteiger charge is 2.04. The molecule has 2 nitrogen and oxygen atoms in total. The fourth-order valence-corrected chi connectivity index (χ4v) is 2.48. The first-order valence-electron chi connectivity index (χ1n) is 8.83. The van der Waals surface area contributed by atoms with Gasteiger partial charge in [-0.2, -0.15) is 0 Å². The van der Waals surface area contributed by atoms with Crippen molar-refractivity contribution < 1.29 is 9.52 Å². The molecule has 1 aromatic heterocycles. The van der Waals surface area contributed by atoms with Crippen molar-refractivity contribution >= 4 is 0 Å². The Kier molecular flexibility index (Phi) is 9.75. The van der Waals surface area contributed by atoms with Crippen LogP contribution in [0.5, 0.6) is 0 Å². The zero-order chi connectivity index (χ0) is 16.1. The molecule has 1 aromatic rings. The van der Waals surface area contributed by atoms with E-state index in [-0.39, 0.29) is 0 Å². The molecule has 22 heavy (non-hydrogen) atoms. The first-order valence-corrected chi connectivity index (χ1v) is 8.83. The van der Waals surface area contributed by atoms with Crippen molar-refractivity contribution in [2.45, 2.75) is 90.1 Å². The Morgan fingerprint density at radius 1 is 0.955 bits per heavy atom. The van der Waals surface area contributed by atoms with Crippen LogP contribution in [0.2, 0.25) is 0 Å². The summed E-state index contributed by atoms with van der Waals surface area (Å²) >= 11 is 0. The highest BCUT2D eigenvalue weighted by molar-refractivity contribution is 5.09. The molecule has 0 bridgehead atoms. The van der Waals surface area contributed by atoms with Crippen LogP contribution in [-0.4, -0.2) is 10.7 Å². The van der Waals surface area contributed by atoms with Crippen molar-refractivity contribution in [3.63, 3.8) is 0 Å². The van der Waals surface area contributed by atoms with Gasteiger partial charge in [-0.1, -0.05) is 50.9 Å². The highest BCUT2D eigenvalue weighted by Crippen LogP contribution is 2.12. The Labute approximate surface area is 136 Å². The lowest BCUT2D eigenvalue weighted by Gasteiger charge is -2.05. The molecule has 0 aliphatic carbocycles. The summed E-state index contributed by atoms with van der Waals surface area (Å²) in [7, 11) is 0. The Morgan fingerprint density at radius 3 is 2.09 bits per heavy atom. The summed E-state index contributed by atoms with van der Waals surface area (Å²) in [6.07, 6.45) is 15.4. The molecule has 1 N–H and O–H groups in total. The van der Waals surface area contributed by atoms with Crippen LogP contribution in [0.1, 0.15) is 83.8 Å². The standard InChI is InChI=1S/C20H32O2/c1-20(2,21)17-13-11-9-7-5-3-4-6-8-10-12-15-19-16-14-18-22-19/h14,16,18,21H,3-12,15H2,1-2H3. The van der Waals surface area contributed by atoms with Crippen LogP contribution in [0, 0.1) is 11.8 Å². The molecule has 0 atom stereocenters. The van der Waals surface area contributed by atoms with Crippen LogP contribution in [0.3, 0.4) is 0 Å². The topological polar surface area (TPSA) is 33.4 Å². The largest absolute Gasteiger partial charge is 0.469 e. The predicted octanol–water partition coefficient (Wildman–Crippen LogP) is 5.50. The Hall–Kier alpha value is -1.20. The van der Waals surface area contributed by atoms with E-state index in [1.54, 1.807) is 20.1 Å². The minimum Gasteiger partial charge on any atom is -0.469 e. The monoisotopic (exact) mass is 304 g/mol. The van der Waals surface area contributed by atoms with Gasteiger partial charge in [0.15, 0.2) is 0 Å². The molecule has 124 valence electrons. The minimum absolute atomic E-state index is 0.836. The van der Waals surface area contributed by atoms with E-state index in [0.717, 1.165) is 25.0 Å². The molecule has 0 saturated carbocycles. The molecule has 0 spiro atoms. The van der Waals surface area contributed by atoms with E-state index in [0.29, 0.717) is 0 Å². The number of aliphatic hydroxyl groups is 1. The third-order valence-corrected chi connectivity index (χ3v) is 3.70. The molecule has 0 fully saturated rings. The van der Waals surface area contributed by atoms with Gasteiger partial charge in [-0.3, -0.25) is 0 Å². The maximum atomic E-state index is 9.45. The summed E-state index contributed by atoms with van der Waals surface area (Å²) in [6.45, 7) is 3.46. The van der Waals surface area contributed by atoms with Crippen molar-refractivity contribution in [1.82, 2.24) is 0 Å². The molecule has 0 saturated heterocycles. The fraction of sp³-hybridized carbons (Fsp3) is 0.700. The molecule has 0 radical (unpaired) electrons. The second-order valence-electron chi connectivity index (χ2n) is 6.62. The van der Waals surface area contributed by atoms with Gasteiger partial charge in [0, 0.05) is 12.8 Å². The summed E-state index contributed by atoms with van der Waals surface area (Å²) in [5, 5.41) is 9.45. The summed E-state index contributed by atoms with van der Waals surface area (Å²) in [6, 6.07) is 4.03. The van der Waals surface area contributed by atoms with Crippen molar-refractivity contribution in [2.24, 2.45) is 0 Å². The van der Waals surface area contributed by atoms with Gasteiger partial charge in [0.2, 0.25) is 0 Å². The average molecular weight is 304 g/mol. The second kappa shape index (κ2) is 11.4. The van der Waals surface area contributed by atoms with Gasteiger partial charge in [-0.25, -0.2) is 0 Å². The van der Waals surface area contributed by atoms with E-state index >= 15 is 0 Å². The maximum absolute atomic E-state index is 9.45. The zero-order valence-electron chi connectivity index (χ0n) is 14.4. The Morgan fingerprint density at radius 2 is 1.55 bits per heavy atom. The fourth-order valence-electron chi connectivity index (χ4n) is 2.48. The first kappa shape index (κ1) is 18.8. The van der Waals surface area contributed by atoms with Gasteiger partial charge < -0.3 is 9.52 Å². The van der Waals surface area contributed by atoms with Crippen LogP contribution in [0.4, 0.5) is 0 Å². The van der Waals surface area contributed by atoms with Gasteiger partial charge in [0.25, 0.3) is 0 Å². The van der Waals surface area contributed by atoms with E-state index in [1.807, 2.05) is 6.07 Å². The lowest BCUT2D eigenvalue weighted by molar-refractivity contribution is 0.143. The third kappa shape index (κ3) is 11.5. The summed E-state index contributed by atoms with van der Waals surface area (Å²) in [5.74, 6) is 7.03. The molecule has 0 amide bonds. The second-order valence-corrected chi connectivity index (χ2v) is 6.62. The summed E-state index contributed by atoms with van der Waals surface area (Å²) in [4.78, 5) is 0. The summed E-state index contributed by atoms with van der Waals surface area (Å²) in [5.41, 5.74) is -0.836. The Balaban J connectivity index is 1.79. The summed E-state index contributed by atoms with van der Waals surface area (Å²) < 4.78 is 5.33. The van der Waals surface area contributed by atoms with Crippen molar-refractivity contribution in [3.8, 4) is 11.8 Å². The molecule has 2 heteroatoms. The van der Waals surface area contributed by atoms with E-state index in [1.165, 1.54) is 51.4 Å². The van der Waals surface area contributed by atoms with Crippen LogP contribution in [-0.2, 0) is 6.42 Å². The number of rotatable bonds is 11.